The molecule has 0 bridgehead atoms. The van der Waals surface area contributed by atoms with E-state index in [-0.39, 0.29) is 17.1 Å². The molecule has 5 nitrogen and oxygen atoms in total. The number of benzene rings is 1. The van der Waals surface area contributed by atoms with Gasteiger partial charge in [0.2, 0.25) is 0 Å². The van der Waals surface area contributed by atoms with Gasteiger partial charge >= 0.3 is 0 Å². The quantitative estimate of drug-likeness (QED) is 0.697. The molecule has 0 spiro atoms. The third-order valence-electron chi connectivity index (χ3n) is 6.98. The van der Waals surface area contributed by atoms with E-state index >= 15 is 0 Å². The molecule has 0 unspecified atom stereocenters. The van der Waals surface area contributed by atoms with Crippen LogP contribution in [0.15, 0.2) is 29.1 Å². The Morgan fingerprint density at radius 1 is 1.19 bits per heavy atom. The van der Waals surface area contributed by atoms with E-state index in [0.29, 0.717) is 38.7 Å². The van der Waals surface area contributed by atoms with E-state index in [2.05, 4.69) is 39.0 Å². The zero-order valence-corrected chi connectivity index (χ0v) is 18.9. The molecule has 5 rings (SSSR count). The highest BCUT2D eigenvalue weighted by Crippen LogP contribution is 2.43. The van der Waals surface area contributed by atoms with Crippen LogP contribution >= 0.6 is 0 Å². The highest BCUT2D eigenvalue weighted by molar-refractivity contribution is 5.73. The van der Waals surface area contributed by atoms with Crippen LogP contribution in [0.25, 0.3) is 11.3 Å². The van der Waals surface area contributed by atoms with Crippen molar-refractivity contribution in [2.24, 2.45) is 5.92 Å². The molecule has 1 aliphatic carbocycles. The molecule has 31 heavy (non-hydrogen) atoms. The van der Waals surface area contributed by atoms with Crippen molar-refractivity contribution in [3.63, 3.8) is 0 Å². The normalized spacial score (nSPS) is 22.0. The Labute approximate surface area is 184 Å². The van der Waals surface area contributed by atoms with Crippen molar-refractivity contribution >= 4 is 0 Å². The van der Waals surface area contributed by atoms with Crippen LogP contribution in [0.5, 0.6) is 5.75 Å². The molecular weight excluding hydrogens is 390 g/mol. The van der Waals surface area contributed by atoms with Crippen LogP contribution in [0.2, 0.25) is 0 Å². The molecule has 1 aromatic heterocycles. The zero-order chi connectivity index (χ0) is 21.6. The maximum absolute atomic E-state index is 13.1. The van der Waals surface area contributed by atoms with Gasteiger partial charge in [0.15, 0.2) is 0 Å². The number of pyridine rings is 1. The summed E-state index contributed by atoms with van der Waals surface area (Å²) in [7, 11) is 0. The number of aromatic nitrogens is 1. The van der Waals surface area contributed by atoms with E-state index in [1.165, 1.54) is 30.4 Å². The fourth-order valence-electron chi connectivity index (χ4n) is 4.97. The van der Waals surface area contributed by atoms with E-state index < -0.39 is 0 Å². The van der Waals surface area contributed by atoms with Crippen LogP contribution in [0.1, 0.15) is 49.8 Å². The lowest BCUT2D eigenvalue weighted by Gasteiger charge is -2.36. The minimum absolute atomic E-state index is 0.00653. The third kappa shape index (κ3) is 4.18. The maximum Gasteiger partial charge on any atom is 0.254 e. The predicted octanol–water partition coefficient (Wildman–Crippen LogP) is 4.25. The fourth-order valence-corrected chi connectivity index (χ4v) is 4.97. The van der Waals surface area contributed by atoms with Crippen LogP contribution in [0.4, 0.5) is 0 Å². The number of hydrogen-bond acceptors (Lipinski definition) is 4. The lowest BCUT2D eigenvalue weighted by atomic mass is 9.76. The minimum Gasteiger partial charge on any atom is -0.490 e. The molecule has 3 aliphatic rings. The van der Waals surface area contributed by atoms with Gasteiger partial charge in [-0.05, 0) is 36.8 Å². The molecule has 166 valence electrons. The van der Waals surface area contributed by atoms with E-state index in [1.54, 1.807) is 6.07 Å². The van der Waals surface area contributed by atoms with Crippen LogP contribution in [0, 0.1) is 12.8 Å². The average molecular weight is 424 g/mol. The van der Waals surface area contributed by atoms with Gasteiger partial charge in [0, 0.05) is 29.2 Å². The van der Waals surface area contributed by atoms with E-state index in [4.69, 9.17) is 14.2 Å². The van der Waals surface area contributed by atoms with Crippen LogP contribution in [-0.4, -0.2) is 37.1 Å². The Morgan fingerprint density at radius 2 is 2.03 bits per heavy atom. The number of fused-ring (bicyclic) bond motifs is 3. The molecule has 2 fully saturated rings. The second-order valence-corrected chi connectivity index (χ2v) is 10.0. The summed E-state index contributed by atoms with van der Waals surface area (Å²) in [6, 6.07) is 8.48. The van der Waals surface area contributed by atoms with Crippen LogP contribution in [0.3, 0.4) is 0 Å². The van der Waals surface area contributed by atoms with E-state index in [0.717, 1.165) is 29.2 Å². The summed E-state index contributed by atoms with van der Waals surface area (Å²) < 4.78 is 19.1. The first-order valence-corrected chi connectivity index (χ1v) is 11.6. The first-order valence-electron chi connectivity index (χ1n) is 11.6. The maximum atomic E-state index is 13.1. The fraction of sp³-hybridized carbons (Fsp3) is 0.577. The van der Waals surface area contributed by atoms with Crippen LogP contribution < -0.4 is 10.3 Å². The van der Waals surface area contributed by atoms with Crippen LogP contribution in [-0.2, 0) is 27.9 Å². The lowest BCUT2D eigenvalue weighted by Crippen LogP contribution is -2.37. The summed E-state index contributed by atoms with van der Waals surface area (Å²) in [5, 5.41) is 0. The lowest BCUT2D eigenvalue weighted by molar-refractivity contribution is -0.101. The van der Waals surface area contributed by atoms with Gasteiger partial charge in [-0.1, -0.05) is 44.9 Å². The summed E-state index contributed by atoms with van der Waals surface area (Å²) in [5.41, 5.74) is 5.81. The molecule has 2 aromatic rings. The Morgan fingerprint density at radius 3 is 2.77 bits per heavy atom. The van der Waals surface area contributed by atoms with Gasteiger partial charge in [-0.3, -0.25) is 4.79 Å². The summed E-state index contributed by atoms with van der Waals surface area (Å²) in [6.45, 7) is 9.36. The third-order valence-corrected chi connectivity index (χ3v) is 6.98. The standard InChI is InChI=1S/C26H33NO4/c1-17-23(31-15-20-14-29-10-11-30-20)13-24(28)27-16-26(2,3)22-12-19(7-6-18-4-5-18)8-9-21(22)25(17)27/h8-9,12-13,18,20H,4-7,10-11,14-16H2,1-3H3/t20-/m0/s1. The summed E-state index contributed by atoms with van der Waals surface area (Å²) in [6.07, 6.45) is 5.14. The number of ether oxygens (including phenoxy) is 3. The molecule has 2 aliphatic heterocycles. The van der Waals surface area contributed by atoms with Gasteiger partial charge in [0.1, 0.15) is 18.5 Å². The van der Waals surface area contributed by atoms with Gasteiger partial charge in [0.05, 0.1) is 25.5 Å². The Kier molecular flexibility index (Phi) is 5.43. The number of rotatable bonds is 6. The number of hydrogen-bond donors (Lipinski definition) is 0. The summed E-state index contributed by atoms with van der Waals surface area (Å²) in [4.78, 5) is 13.1. The van der Waals surface area contributed by atoms with Gasteiger partial charge in [-0.15, -0.1) is 0 Å². The Bertz CT molecular complexity index is 1030. The molecule has 0 N–H and O–H groups in total. The van der Waals surface area contributed by atoms with Gasteiger partial charge in [0.25, 0.3) is 5.56 Å². The molecular formula is C26H33NO4. The summed E-state index contributed by atoms with van der Waals surface area (Å²) >= 11 is 0. The van der Waals surface area contributed by atoms with Crippen molar-refractivity contribution in [1.82, 2.24) is 4.57 Å². The molecule has 3 heterocycles. The second-order valence-electron chi connectivity index (χ2n) is 10.0. The van der Waals surface area contributed by atoms with Crippen molar-refractivity contribution < 1.29 is 14.2 Å². The zero-order valence-electron chi connectivity index (χ0n) is 18.9. The molecule has 1 aromatic carbocycles. The average Bonchev–Trinajstić information content (AvgIpc) is 3.59. The highest BCUT2D eigenvalue weighted by atomic mass is 16.6. The van der Waals surface area contributed by atoms with Crippen molar-refractivity contribution in [3.8, 4) is 17.0 Å². The smallest absolute Gasteiger partial charge is 0.254 e. The van der Waals surface area contributed by atoms with Crippen molar-refractivity contribution in [2.45, 2.75) is 64.5 Å². The molecule has 1 atom stereocenters. The SMILES string of the molecule is Cc1c(OC[C@@H]2COCCO2)cc(=O)n2c1-c1ccc(CCC3CC3)cc1C(C)(C)C2. The Balaban J connectivity index is 1.48. The first-order chi connectivity index (χ1) is 14.9. The number of nitrogens with zero attached hydrogens (tertiary/aromatic N) is 1. The summed E-state index contributed by atoms with van der Waals surface area (Å²) in [5.74, 6) is 1.58. The predicted molar refractivity (Wildman–Crippen MR) is 121 cm³/mol. The van der Waals surface area contributed by atoms with Crippen molar-refractivity contribution in [3.05, 3.63) is 51.3 Å². The molecule has 1 saturated carbocycles. The second kappa shape index (κ2) is 8.10. The topological polar surface area (TPSA) is 49.7 Å². The monoisotopic (exact) mass is 423 g/mol. The number of aryl methyl sites for hydroxylation is 1. The molecule has 1 saturated heterocycles. The minimum atomic E-state index is -0.0934. The van der Waals surface area contributed by atoms with Gasteiger partial charge < -0.3 is 18.8 Å². The van der Waals surface area contributed by atoms with E-state index in [9.17, 15) is 4.79 Å². The molecule has 0 amide bonds. The van der Waals surface area contributed by atoms with E-state index in [1.807, 2.05) is 4.57 Å². The highest BCUT2D eigenvalue weighted by Gasteiger charge is 2.34. The van der Waals surface area contributed by atoms with Crippen molar-refractivity contribution in [2.75, 3.05) is 26.4 Å². The Hall–Kier alpha value is -2.11. The van der Waals surface area contributed by atoms with Gasteiger partial charge in [-0.25, -0.2) is 0 Å². The molecule has 5 heteroatoms. The molecule has 0 radical (unpaired) electrons. The van der Waals surface area contributed by atoms with Crippen molar-refractivity contribution in [1.29, 1.82) is 0 Å². The van der Waals surface area contributed by atoms with Gasteiger partial charge in [-0.2, -0.15) is 0 Å². The largest absolute Gasteiger partial charge is 0.490 e. The first kappa shape index (κ1) is 20.8.